The zero-order valence-corrected chi connectivity index (χ0v) is 10.9. The summed E-state index contributed by atoms with van der Waals surface area (Å²) in [6.07, 6.45) is -4.94. The number of rotatable bonds is 3. The molecule has 8 heteroatoms. The van der Waals surface area contributed by atoms with E-state index in [1.807, 2.05) is 0 Å². The molecule has 1 atom stereocenters. The Morgan fingerprint density at radius 1 is 1.40 bits per heavy atom. The summed E-state index contributed by atoms with van der Waals surface area (Å²) in [6, 6.07) is 6.42. The highest BCUT2D eigenvalue weighted by Gasteiger charge is 2.44. The Morgan fingerprint density at radius 3 is 2.70 bits per heavy atom. The predicted octanol–water partition coefficient (Wildman–Crippen LogP) is 3.62. The van der Waals surface area contributed by atoms with Crippen LogP contribution in [0.1, 0.15) is 18.7 Å². The normalized spacial score (nSPS) is 13.2. The zero-order valence-electron chi connectivity index (χ0n) is 10.1. The predicted molar refractivity (Wildman–Crippen MR) is 64.2 cm³/mol. The van der Waals surface area contributed by atoms with Gasteiger partial charge in [0.05, 0.1) is 0 Å². The molecule has 0 saturated carbocycles. The fourth-order valence-electron chi connectivity index (χ4n) is 1.51. The Hall–Kier alpha value is -1.89. The second-order valence-electron chi connectivity index (χ2n) is 4.05. The van der Waals surface area contributed by atoms with Crippen LogP contribution in [0.2, 0.25) is 5.02 Å². The van der Waals surface area contributed by atoms with Crippen LogP contribution in [-0.4, -0.2) is 22.1 Å². The summed E-state index contributed by atoms with van der Waals surface area (Å²) < 4.78 is 41.6. The summed E-state index contributed by atoms with van der Waals surface area (Å²) in [5, 5.41) is 3.97. The van der Waals surface area contributed by atoms with Gasteiger partial charge in [0.1, 0.15) is 5.92 Å². The quantitative estimate of drug-likeness (QED) is 0.869. The second-order valence-corrected chi connectivity index (χ2v) is 4.49. The van der Waals surface area contributed by atoms with Crippen LogP contribution in [0.4, 0.5) is 13.2 Å². The lowest BCUT2D eigenvalue weighted by molar-refractivity contribution is -0.172. The van der Waals surface area contributed by atoms with Gasteiger partial charge in [0.15, 0.2) is 0 Å². The van der Waals surface area contributed by atoms with E-state index < -0.39 is 17.9 Å². The van der Waals surface area contributed by atoms with E-state index in [1.165, 1.54) is 6.07 Å². The molecule has 0 amide bonds. The molecule has 0 aliphatic carbocycles. The number of carbonyl (C=O) groups is 1. The van der Waals surface area contributed by atoms with Gasteiger partial charge in [0.25, 0.3) is 0 Å². The first kappa shape index (κ1) is 14.5. The second kappa shape index (κ2) is 5.24. The van der Waals surface area contributed by atoms with E-state index in [0.29, 0.717) is 10.6 Å². The van der Waals surface area contributed by atoms with Crippen molar-refractivity contribution in [2.24, 2.45) is 0 Å². The molecule has 0 spiro atoms. The minimum absolute atomic E-state index is 0.0734. The Morgan fingerprint density at radius 2 is 2.10 bits per heavy atom. The number of benzene rings is 1. The monoisotopic (exact) mass is 304 g/mol. The van der Waals surface area contributed by atoms with Gasteiger partial charge in [-0.25, -0.2) is 0 Å². The minimum Gasteiger partial charge on any atom is -0.338 e. The Kier molecular flexibility index (Phi) is 3.80. The van der Waals surface area contributed by atoms with Crippen LogP contribution in [0, 0.1) is 0 Å². The maximum absolute atomic E-state index is 12.3. The molecular formula is C12H8ClF3N2O2. The number of halogens is 4. The van der Waals surface area contributed by atoms with Gasteiger partial charge in [-0.1, -0.05) is 28.9 Å². The fraction of sp³-hybridized carbons (Fsp3) is 0.250. The van der Waals surface area contributed by atoms with Crippen molar-refractivity contribution in [3.05, 3.63) is 35.2 Å². The molecule has 0 aliphatic rings. The van der Waals surface area contributed by atoms with Gasteiger partial charge < -0.3 is 4.52 Å². The van der Waals surface area contributed by atoms with Crippen LogP contribution < -0.4 is 0 Å². The van der Waals surface area contributed by atoms with Crippen LogP contribution in [0.15, 0.2) is 28.8 Å². The highest BCUT2D eigenvalue weighted by Crippen LogP contribution is 2.28. The molecule has 2 rings (SSSR count). The van der Waals surface area contributed by atoms with Crippen molar-refractivity contribution in [1.82, 2.24) is 10.1 Å². The highest BCUT2D eigenvalue weighted by atomic mass is 35.5. The molecule has 1 unspecified atom stereocenters. The first-order valence-corrected chi connectivity index (χ1v) is 5.87. The Balaban J connectivity index is 2.28. The average Bonchev–Trinajstić information content (AvgIpc) is 2.85. The van der Waals surface area contributed by atoms with Crippen LogP contribution >= 0.6 is 11.6 Å². The number of ketones is 1. The molecule has 0 N–H and O–H groups in total. The van der Waals surface area contributed by atoms with Gasteiger partial charge in [-0.05, 0) is 19.1 Å². The Bertz CT molecular complexity index is 640. The van der Waals surface area contributed by atoms with E-state index in [2.05, 4.69) is 10.1 Å². The van der Waals surface area contributed by atoms with Gasteiger partial charge in [-0.15, -0.1) is 0 Å². The van der Waals surface area contributed by atoms with Gasteiger partial charge in [0.2, 0.25) is 17.5 Å². The van der Waals surface area contributed by atoms with Gasteiger partial charge in [-0.3, -0.25) is 4.79 Å². The van der Waals surface area contributed by atoms with Gasteiger partial charge >= 0.3 is 6.18 Å². The first-order valence-electron chi connectivity index (χ1n) is 5.49. The van der Waals surface area contributed by atoms with Crippen molar-refractivity contribution in [1.29, 1.82) is 0 Å². The van der Waals surface area contributed by atoms with Crippen molar-refractivity contribution in [2.45, 2.75) is 19.0 Å². The highest BCUT2D eigenvalue weighted by molar-refractivity contribution is 6.30. The van der Waals surface area contributed by atoms with E-state index in [1.54, 1.807) is 18.2 Å². The maximum atomic E-state index is 12.3. The standard InChI is InChI=1S/C12H8ClF3N2O2/c1-6(9(19)12(14,15)16)11-17-10(18-20-11)7-3-2-4-8(13)5-7/h2-6H,1H3. The van der Waals surface area contributed by atoms with Crippen molar-refractivity contribution >= 4 is 17.4 Å². The molecule has 1 aromatic heterocycles. The minimum atomic E-state index is -4.94. The molecule has 0 radical (unpaired) electrons. The molecule has 1 heterocycles. The lowest BCUT2D eigenvalue weighted by Gasteiger charge is -2.08. The number of nitrogens with zero attached hydrogens (tertiary/aromatic N) is 2. The SMILES string of the molecule is CC(C(=O)C(F)(F)F)c1nc(-c2cccc(Cl)c2)no1. The molecule has 2 aromatic rings. The van der Waals surface area contributed by atoms with E-state index in [4.69, 9.17) is 16.1 Å². The van der Waals surface area contributed by atoms with E-state index in [9.17, 15) is 18.0 Å². The number of carbonyl (C=O) groups excluding carboxylic acids is 1. The molecule has 0 saturated heterocycles. The summed E-state index contributed by atoms with van der Waals surface area (Å²) >= 11 is 5.79. The number of aromatic nitrogens is 2. The molecule has 0 fully saturated rings. The summed E-state index contributed by atoms with van der Waals surface area (Å²) in [5.74, 6) is -3.79. The number of Topliss-reactive ketones (excluding diaryl/α,β-unsaturated/α-hetero) is 1. The number of alkyl halides is 3. The van der Waals surface area contributed by atoms with Crippen molar-refractivity contribution in [2.75, 3.05) is 0 Å². The van der Waals surface area contributed by atoms with Crippen molar-refractivity contribution in [3.63, 3.8) is 0 Å². The summed E-state index contributed by atoms with van der Waals surface area (Å²) in [5.41, 5.74) is 0.485. The van der Waals surface area contributed by atoms with E-state index >= 15 is 0 Å². The lowest BCUT2D eigenvalue weighted by Crippen LogP contribution is -2.27. The molecule has 106 valence electrons. The van der Waals surface area contributed by atoms with Crippen molar-refractivity contribution in [3.8, 4) is 11.4 Å². The van der Waals surface area contributed by atoms with Crippen LogP contribution in [-0.2, 0) is 4.79 Å². The van der Waals surface area contributed by atoms with Gasteiger partial charge in [-0.2, -0.15) is 18.2 Å². The van der Waals surface area contributed by atoms with E-state index in [0.717, 1.165) is 6.92 Å². The molecular weight excluding hydrogens is 297 g/mol. The van der Waals surface area contributed by atoms with Crippen LogP contribution in [0.5, 0.6) is 0 Å². The summed E-state index contributed by atoms with van der Waals surface area (Å²) in [6.45, 7) is 1.06. The van der Waals surface area contributed by atoms with Crippen LogP contribution in [0.25, 0.3) is 11.4 Å². The average molecular weight is 305 g/mol. The smallest absolute Gasteiger partial charge is 0.338 e. The molecule has 0 bridgehead atoms. The topological polar surface area (TPSA) is 56.0 Å². The maximum Gasteiger partial charge on any atom is 0.450 e. The first-order chi connectivity index (χ1) is 9.29. The lowest BCUT2D eigenvalue weighted by atomic mass is 10.1. The molecule has 4 nitrogen and oxygen atoms in total. The summed E-state index contributed by atoms with van der Waals surface area (Å²) in [7, 11) is 0. The van der Waals surface area contributed by atoms with E-state index in [-0.39, 0.29) is 11.7 Å². The van der Waals surface area contributed by atoms with Crippen molar-refractivity contribution < 1.29 is 22.5 Å². The van der Waals surface area contributed by atoms with Crippen LogP contribution in [0.3, 0.4) is 0 Å². The number of hydrogen-bond acceptors (Lipinski definition) is 4. The number of hydrogen-bond donors (Lipinski definition) is 0. The molecule has 1 aromatic carbocycles. The molecule has 20 heavy (non-hydrogen) atoms. The third-order valence-corrected chi connectivity index (χ3v) is 2.80. The Labute approximate surface area is 116 Å². The molecule has 0 aliphatic heterocycles. The zero-order chi connectivity index (χ0) is 14.9. The third-order valence-electron chi connectivity index (χ3n) is 2.57. The largest absolute Gasteiger partial charge is 0.450 e. The van der Waals surface area contributed by atoms with Gasteiger partial charge in [0, 0.05) is 10.6 Å². The fourth-order valence-corrected chi connectivity index (χ4v) is 1.70. The summed E-state index contributed by atoms with van der Waals surface area (Å²) in [4.78, 5) is 14.9. The third kappa shape index (κ3) is 2.98.